The number of likely N-dealkylation sites (tertiary alicyclic amines) is 1. The van der Waals surface area contributed by atoms with E-state index in [-0.39, 0.29) is 23.8 Å². The van der Waals surface area contributed by atoms with Gasteiger partial charge in [0, 0.05) is 31.5 Å². The van der Waals surface area contributed by atoms with Crippen LogP contribution in [-0.2, 0) is 16.0 Å². The molecule has 1 aromatic rings. The minimum absolute atomic E-state index is 0.0302. The number of ether oxygens (including phenoxy) is 2. The number of hydrogen-bond donors (Lipinski definition) is 1. The number of carbonyl (C=O) groups is 2. The highest BCUT2D eigenvalue weighted by Gasteiger charge is 2.24. The predicted molar refractivity (Wildman–Crippen MR) is 100 cm³/mol. The maximum atomic E-state index is 12.2. The molecule has 2 amide bonds. The van der Waals surface area contributed by atoms with E-state index in [1.165, 1.54) is 0 Å². The molecule has 0 aliphatic carbocycles. The van der Waals surface area contributed by atoms with Crippen LogP contribution in [0.15, 0.2) is 18.2 Å². The topological polar surface area (TPSA) is 67.9 Å². The van der Waals surface area contributed by atoms with Crippen LogP contribution in [-0.4, -0.2) is 50.1 Å². The van der Waals surface area contributed by atoms with Crippen LogP contribution < -0.4 is 14.8 Å². The van der Waals surface area contributed by atoms with Gasteiger partial charge in [0.05, 0.1) is 14.2 Å². The van der Waals surface area contributed by atoms with Crippen molar-refractivity contribution >= 4 is 11.8 Å². The van der Waals surface area contributed by atoms with Gasteiger partial charge in [-0.3, -0.25) is 9.59 Å². The molecule has 1 fully saturated rings. The van der Waals surface area contributed by atoms with E-state index >= 15 is 0 Å². The maximum Gasteiger partial charge on any atom is 0.225 e. The lowest BCUT2D eigenvalue weighted by atomic mass is 10.0. The zero-order chi connectivity index (χ0) is 19.1. The molecule has 1 N–H and O–H groups in total. The SMILES string of the molecule is COc1ccc(CCC(=O)NC2CCN(C(=O)C(C)C)CC2)cc1OC. The van der Waals surface area contributed by atoms with E-state index in [1.807, 2.05) is 36.9 Å². The second-order valence-corrected chi connectivity index (χ2v) is 7.01. The lowest BCUT2D eigenvalue weighted by molar-refractivity contribution is -0.135. The minimum Gasteiger partial charge on any atom is -0.493 e. The summed E-state index contributed by atoms with van der Waals surface area (Å²) in [5.74, 6) is 1.63. The number of hydrogen-bond acceptors (Lipinski definition) is 4. The number of nitrogens with zero attached hydrogens (tertiary/aromatic N) is 1. The molecule has 0 unspecified atom stereocenters. The van der Waals surface area contributed by atoms with Gasteiger partial charge in [-0.2, -0.15) is 0 Å². The Kier molecular flexibility index (Phi) is 7.30. The number of carbonyl (C=O) groups excluding carboxylic acids is 2. The van der Waals surface area contributed by atoms with E-state index in [2.05, 4.69) is 5.32 Å². The molecule has 0 atom stereocenters. The number of aryl methyl sites for hydroxylation is 1. The first-order valence-electron chi connectivity index (χ1n) is 9.23. The van der Waals surface area contributed by atoms with Gasteiger partial charge in [0.1, 0.15) is 0 Å². The summed E-state index contributed by atoms with van der Waals surface area (Å²) >= 11 is 0. The van der Waals surface area contributed by atoms with Crippen molar-refractivity contribution in [2.75, 3.05) is 27.3 Å². The van der Waals surface area contributed by atoms with Crippen LogP contribution in [0.5, 0.6) is 11.5 Å². The van der Waals surface area contributed by atoms with Gasteiger partial charge in [0.25, 0.3) is 0 Å². The molecule has 6 nitrogen and oxygen atoms in total. The van der Waals surface area contributed by atoms with Crippen LogP contribution >= 0.6 is 0 Å². The number of methoxy groups -OCH3 is 2. The van der Waals surface area contributed by atoms with E-state index in [0.717, 1.165) is 31.5 Å². The zero-order valence-electron chi connectivity index (χ0n) is 16.2. The first-order valence-corrected chi connectivity index (χ1v) is 9.23. The number of nitrogens with one attached hydrogen (secondary N) is 1. The second-order valence-electron chi connectivity index (χ2n) is 7.01. The quantitative estimate of drug-likeness (QED) is 0.809. The normalized spacial score (nSPS) is 15.0. The molecule has 1 aliphatic heterocycles. The van der Waals surface area contributed by atoms with Crippen molar-refractivity contribution < 1.29 is 19.1 Å². The van der Waals surface area contributed by atoms with Gasteiger partial charge in [0.15, 0.2) is 11.5 Å². The third kappa shape index (κ3) is 5.38. The van der Waals surface area contributed by atoms with E-state index in [9.17, 15) is 9.59 Å². The van der Waals surface area contributed by atoms with Crippen molar-refractivity contribution in [3.05, 3.63) is 23.8 Å². The van der Waals surface area contributed by atoms with Crippen molar-refractivity contribution in [1.29, 1.82) is 0 Å². The molecule has 0 spiro atoms. The number of amides is 2. The van der Waals surface area contributed by atoms with Gasteiger partial charge < -0.3 is 19.7 Å². The molecule has 0 saturated carbocycles. The van der Waals surface area contributed by atoms with Gasteiger partial charge in [-0.05, 0) is 37.0 Å². The highest BCUT2D eigenvalue weighted by atomic mass is 16.5. The van der Waals surface area contributed by atoms with E-state index < -0.39 is 0 Å². The summed E-state index contributed by atoms with van der Waals surface area (Å²) in [6, 6.07) is 5.87. The fourth-order valence-corrected chi connectivity index (χ4v) is 3.20. The lowest BCUT2D eigenvalue weighted by Gasteiger charge is -2.33. The summed E-state index contributed by atoms with van der Waals surface area (Å²) < 4.78 is 10.5. The summed E-state index contributed by atoms with van der Waals surface area (Å²) in [6.45, 7) is 5.28. The van der Waals surface area contributed by atoms with Gasteiger partial charge in [-0.15, -0.1) is 0 Å². The van der Waals surface area contributed by atoms with E-state index in [0.29, 0.717) is 24.3 Å². The molecule has 1 saturated heterocycles. The molecule has 2 rings (SSSR count). The van der Waals surface area contributed by atoms with Crippen LogP contribution in [0.4, 0.5) is 0 Å². The summed E-state index contributed by atoms with van der Waals surface area (Å²) in [5, 5.41) is 3.10. The fourth-order valence-electron chi connectivity index (χ4n) is 3.20. The average molecular weight is 362 g/mol. The maximum absolute atomic E-state index is 12.2. The van der Waals surface area contributed by atoms with Gasteiger partial charge in [0.2, 0.25) is 11.8 Å². The first-order chi connectivity index (χ1) is 12.4. The lowest BCUT2D eigenvalue weighted by Crippen LogP contribution is -2.47. The predicted octanol–water partition coefficient (Wildman–Crippen LogP) is 2.40. The monoisotopic (exact) mass is 362 g/mol. The zero-order valence-corrected chi connectivity index (χ0v) is 16.2. The Hall–Kier alpha value is -2.24. The van der Waals surface area contributed by atoms with Crippen LogP contribution in [0.2, 0.25) is 0 Å². The standard InChI is InChI=1S/C20H30N2O4/c1-14(2)20(24)22-11-9-16(10-12-22)21-19(23)8-6-15-5-7-17(25-3)18(13-15)26-4/h5,7,13-14,16H,6,8-12H2,1-4H3,(H,21,23). The molecule has 144 valence electrons. The molecule has 0 radical (unpaired) electrons. The molecular formula is C20H30N2O4. The summed E-state index contributed by atoms with van der Waals surface area (Å²) in [4.78, 5) is 26.1. The van der Waals surface area contributed by atoms with Crippen LogP contribution in [0.25, 0.3) is 0 Å². The minimum atomic E-state index is 0.0302. The van der Waals surface area contributed by atoms with Crippen LogP contribution in [0, 0.1) is 5.92 Å². The summed E-state index contributed by atoms with van der Waals surface area (Å²) in [7, 11) is 3.20. The van der Waals surface area contributed by atoms with Crippen LogP contribution in [0.1, 0.15) is 38.7 Å². The Morgan fingerprint density at radius 2 is 1.81 bits per heavy atom. The third-order valence-electron chi connectivity index (χ3n) is 4.75. The Morgan fingerprint density at radius 3 is 2.38 bits per heavy atom. The molecule has 1 aromatic carbocycles. The largest absolute Gasteiger partial charge is 0.493 e. The summed E-state index contributed by atoms with van der Waals surface area (Å²) in [6.07, 6.45) is 2.72. The molecule has 26 heavy (non-hydrogen) atoms. The molecule has 1 aliphatic rings. The highest BCUT2D eigenvalue weighted by molar-refractivity contribution is 5.78. The van der Waals surface area contributed by atoms with Gasteiger partial charge in [-0.25, -0.2) is 0 Å². The fraction of sp³-hybridized carbons (Fsp3) is 0.600. The molecule has 0 bridgehead atoms. The Balaban J connectivity index is 1.77. The number of benzene rings is 1. The Bertz CT molecular complexity index is 622. The van der Waals surface area contributed by atoms with Crippen molar-refractivity contribution in [2.45, 2.75) is 45.6 Å². The van der Waals surface area contributed by atoms with Crippen molar-refractivity contribution in [3.63, 3.8) is 0 Å². The van der Waals surface area contributed by atoms with E-state index in [4.69, 9.17) is 9.47 Å². The number of rotatable bonds is 7. The molecule has 1 heterocycles. The molecular weight excluding hydrogens is 332 g/mol. The molecule has 0 aromatic heterocycles. The van der Waals surface area contributed by atoms with Crippen LogP contribution in [0.3, 0.4) is 0 Å². The number of piperidine rings is 1. The smallest absolute Gasteiger partial charge is 0.225 e. The Labute approximate surface area is 155 Å². The Morgan fingerprint density at radius 1 is 1.15 bits per heavy atom. The second kappa shape index (κ2) is 9.46. The average Bonchev–Trinajstić information content (AvgIpc) is 2.66. The summed E-state index contributed by atoms with van der Waals surface area (Å²) in [5.41, 5.74) is 1.04. The van der Waals surface area contributed by atoms with Crippen molar-refractivity contribution in [3.8, 4) is 11.5 Å². The molecule has 6 heteroatoms. The van der Waals surface area contributed by atoms with Crippen molar-refractivity contribution in [1.82, 2.24) is 10.2 Å². The third-order valence-corrected chi connectivity index (χ3v) is 4.75. The highest BCUT2D eigenvalue weighted by Crippen LogP contribution is 2.28. The van der Waals surface area contributed by atoms with E-state index in [1.54, 1.807) is 14.2 Å². The van der Waals surface area contributed by atoms with Gasteiger partial charge >= 0.3 is 0 Å². The van der Waals surface area contributed by atoms with Gasteiger partial charge in [-0.1, -0.05) is 19.9 Å². The first kappa shape index (κ1) is 20.1. The van der Waals surface area contributed by atoms with Crippen molar-refractivity contribution in [2.24, 2.45) is 5.92 Å².